The molecular weight excluding hydrogens is 381 g/mol. The molecule has 27 heavy (non-hydrogen) atoms. The van der Waals surface area contributed by atoms with Crippen molar-refractivity contribution in [3.63, 3.8) is 0 Å². The van der Waals surface area contributed by atoms with Crippen LogP contribution in [0.1, 0.15) is 48.0 Å². The number of amides is 2. The van der Waals surface area contributed by atoms with Gasteiger partial charge in [-0.3, -0.25) is 0 Å². The van der Waals surface area contributed by atoms with Crippen molar-refractivity contribution >= 4 is 28.7 Å². The molecule has 1 aromatic carbocycles. The van der Waals surface area contributed by atoms with E-state index in [0.29, 0.717) is 6.54 Å². The number of hydrogen-bond acceptors (Lipinski definition) is 4. The van der Waals surface area contributed by atoms with Gasteiger partial charge in [-0.15, -0.1) is 22.7 Å². The van der Waals surface area contributed by atoms with Crippen LogP contribution < -0.4 is 10.6 Å². The molecule has 2 aromatic heterocycles. The molecule has 2 N–H and O–H groups in total. The number of rotatable bonds is 5. The average molecular weight is 404 g/mol. The Morgan fingerprint density at radius 1 is 1.19 bits per heavy atom. The van der Waals surface area contributed by atoms with Gasteiger partial charge in [0.1, 0.15) is 5.82 Å². The number of nitrogens with zero attached hydrogens (tertiary/aromatic N) is 1. The van der Waals surface area contributed by atoms with Gasteiger partial charge in [-0.1, -0.05) is 39.0 Å². The molecule has 0 aliphatic carbocycles. The largest absolute Gasteiger partial charge is 0.332 e. The minimum Gasteiger partial charge on any atom is -0.332 e. The van der Waals surface area contributed by atoms with Crippen LogP contribution in [0.4, 0.5) is 9.18 Å². The standard InChI is InChI=1S/C20H22FN3OS2/c1-20(2,3)18-23-15(12-27-18)11-22-19(25)24-17(16-5-4-10-26-16)13-6-8-14(21)9-7-13/h4-10,12,17H,11H2,1-3H3,(H2,22,24,25). The molecule has 0 spiro atoms. The Morgan fingerprint density at radius 3 is 2.52 bits per heavy atom. The number of urea groups is 1. The summed E-state index contributed by atoms with van der Waals surface area (Å²) in [6, 6.07) is 9.45. The van der Waals surface area contributed by atoms with Crippen molar-refractivity contribution in [3.05, 3.63) is 74.1 Å². The fraction of sp³-hybridized carbons (Fsp3) is 0.300. The molecule has 142 valence electrons. The molecule has 0 aliphatic rings. The van der Waals surface area contributed by atoms with E-state index >= 15 is 0 Å². The molecule has 2 heterocycles. The topological polar surface area (TPSA) is 54.0 Å². The van der Waals surface area contributed by atoms with Gasteiger partial charge in [0.05, 0.1) is 23.3 Å². The van der Waals surface area contributed by atoms with Crippen LogP contribution in [-0.4, -0.2) is 11.0 Å². The zero-order valence-electron chi connectivity index (χ0n) is 15.5. The summed E-state index contributed by atoms with van der Waals surface area (Å²) in [6.07, 6.45) is 0. The molecule has 4 nitrogen and oxygen atoms in total. The van der Waals surface area contributed by atoms with E-state index < -0.39 is 0 Å². The maximum absolute atomic E-state index is 13.2. The molecule has 1 atom stereocenters. The average Bonchev–Trinajstić information content (AvgIpc) is 3.30. The summed E-state index contributed by atoms with van der Waals surface area (Å²) in [7, 11) is 0. The van der Waals surface area contributed by atoms with Crippen molar-refractivity contribution in [2.45, 2.75) is 38.8 Å². The fourth-order valence-electron chi connectivity index (χ4n) is 2.52. The van der Waals surface area contributed by atoms with Gasteiger partial charge >= 0.3 is 6.03 Å². The Hall–Kier alpha value is -2.25. The zero-order valence-corrected chi connectivity index (χ0v) is 17.1. The van der Waals surface area contributed by atoms with Crippen molar-refractivity contribution in [3.8, 4) is 0 Å². The van der Waals surface area contributed by atoms with Crippen molar-refractivity contribution in [1.29, 1.82) is 0 Å². The molecule has 0 saturated carbocycles. The second kappa shape index (κ2) is 8.19. The Labute approximate surface area is 166 Å². The van der Waals surface area contributed by atoms with Crippen LogP contribution in [0, 0.1) is 5.82 Å². The van der Waals surface area contributed by atoms with E-state index in [4.69, 9.17) is 0 Å². The van der Waals surface area contributed by atoms with Gasteiger partial charge in [0, 0.05) is 15.7 Å². The first-order valence-electron chi connectivity index (χ1n) is 8.61. The predicted octanol–water partition coefficient (Wildman–Crippen LogP) is 5.23. The molecule has 3 aromatic rings. The molecule has 7 heteroatoms. The number of nitrogens with one attached hydrogen (secondary N) is 2. The maximum atomic E-state index is 13.2. The summed E-state index contributed by atoms with van der Waals surface area (Å²) >= 11 is 3.15. The number of carbonyl (C=O) groups is 1. The minimum absolute atomic E-state index is 0.00196. The molecule has 1 unspecified atom stereocenters. The molecule has 0 aliphatic heterocycles. The summed E-state index contributed by atoms with van der Waals surface area (Å²) in [4.78, 5) is 18.0. The van der Waals surface area contributed by atoms with E-state index in [-0.39, 0.29) is 23.3 Å². The highest BCUT2D eigenvalue weighted by molar-refractivity contribution is 7.10. The van der Waals surface area contributed by atoms with Gasteiger partial charge in [0.15, 0.2) is 0 Å². The zero-order chi connectivity index (χ0) is 19.4. The van der Waals surface area contributed by atoms with Gasteiger partial charge in [-0.25, -0.2) is 14.2 Å². The first-order chi connectivity index (χ1) is 12.8. The van der Waals surface area contributed by atoms with Gasteiger partial charge in [-0.05, 0) is 29.1 Å². The lowest BCUT2D eigenvalue weighted by Gasteiger charge is -2.18. The normalized spacial score (nSPS) is 12.6. The van der Waals surface area contributed by atoms with E-state index in [1.165, 1.54) is 12.1 Å². The van der Waals surface area contributed by atoms with E-state index in [1.807, 2.05) is 22.9 Å². The Bertz CT molecular complexity index is 883. The van der Waals surface area contributed by atoms with Crippen molar-refractivity contribution < 1.29 is 9.18 Å². The third-order valence-electron chi connectivity index (χ3n) is 3.93. The van der Waals surface area contributed by atoms with E-state index in [1.54, 1.807) is 34.8 Å². The highest BCUT2D eigenvalue weighted by Crippen LogP contribution is 2.27. The number of thiophene rings is 1. The second-order valence-corrected chi connectivity index (χ2v) is 9.06. The third-order valence-corrected chi connectivity index (χ3v) is 6.18. The Balaban J connectivity index is 1.66. The fourth-order valence-corrected chi connectivity index (χ4v) is 4.22. The highest BCUT2D eigenvalue weighted by atomic mass is 32.1. The first kappa shape index (κ1) is 19.5. The number of aromatic nitrogens is 1. The molecule has 3 rings (SSSR count). The third kappa shape index (κ3) is 5.14. The summed E-state index contributed by atoms with van der Waals surface area (Å²) < 4.78 is 13.2. The monoisotopic (exact) mass is 403 g/mol. The summed E-state index contributed by atoms with van der Waals surface area (Å²) in [5, 5.41) is 10.8. The van der Waals surface area contributed by atoms with Crippen LogP contribution in [0.15, 0.2) is 47.2 Å². The second-order valence-electron chi connectivity index (χ2n) is 7.22. The smallest absolute Gasteiger partial charge is 0.315 e. The Kier molecular flexibility index (Phi) is 5.92. The number of benzene rings is 1. The number of carbonyl (C=O) groups excluding carboxylic acids is 1. The summed E-state index contributed by atoms with van der Waals surface area (Å²) in [5.74, 6) is -0.300. The number of thiazole rings is 1. The number of hydrogen-bond donors (Lipinski definition) is 2. The van der Waals surface area contributed by atoms with Crippen molar-refractivity contribution in [2.75, 3.05) is 0 Å². The van der Waals surface area contributed by atoms with Gasteiger partial charge in [-0.2, -0.15) is 0 Å². The van der Waals surface area contributed by atoms with Crippen LogP contribution in [0.3, 0.4) is 0 Å². The molecular formula is C20H22FN3OS2. The van der Waals surface area contributed by atoms with Crippen LogP contribution in [0.25, 0.3) is 0 Å². The SMILES string of the molecule is CC(C)(C)c1nc(CNC(=O)NC(c2ccc(F)cc2)c2cccs2)cs1. The lowest BCUT2D eigenvalue weighted by molar-refractivity contribution is 0.238. The summed E-state index contributed by atoms with van der Waals surface area (Å²) in [5.41, 5.74) is 1.67. The highest BCUT2D eigenvalue weighted by Gasteiger charge is 2.20. The van der Waals surface area contributed by atoms with E-state index in [2.05, 4.69) is 36.4 Å². The van der Waals surface area contributed by atoms with E-state index in [0.717, 1.165) is 21.1 Å². The van der Waals surface area contributed by atoms with Crippen LogP contribution in [0.2, 0.25) is 0 Å². The van der Waals surface area contributed by atoms with Crippen LogP contribution in [-0.2, 0) is 12.0 Å². The predicted molar refractivity (Wildman–Crippen MR) is 109 cm³/mol. The molecule has 0 bridgehead atoms. The number of halogens is 1. The van der Waals surface area contributed by atoms with E-state index in [9.17, 15) is 9.18 Å². The van der Waals surface area contributed by atoms with Gasteiger partial charge < -0.3 is 10.6 Å². The molecule has 0 radical (unpaired) electrons. The Morgan fingerprint density at radius 2 is 1.93 bits per heavy atom. The van der Waals surface area contributed by atoms with Gasteiger partial charge in [0.25, 0.3) is 0 Å². The molecule has 0 saturated heterocycles. The van der Waals surface area contributed by atoms with Crippen LogP contribution >= 0.6 is 22.7 Å². The minimum atomic E-state index is -0.328. The lowest BCUT2D eigenvalue weighted by atomic mass is 9.98. The maximum Gasteiger partial charge on any atom is 0.315 e. The van der Waals surface area contributed by atoms with Gasteiger partial charge in [0.2, 0.25) is 0 Å². The molecule has 0 fully saturated rings. The lowest BCUT2D eigenvalue weighted by Crippen LogP contribution is -2.37. The molecule has 2 amide bonds. The van der Waals surface area contributed by atoms with Crippen LogP contribution in [0.5, 0.6) is 0 Å². The summed E-state index contributed by atoms with van der Waals surface area (Å²) in [6.45, 7) is 6.71. The first-order valence-corrected chi connectivity index (χ1v) is 10.4. The van der Waals surface area contributed by atoms with Crippen molar-refractivity contribution in [1.82, 2.24) is 15.6 Å². The van der Waals surface area contributed by atoms with Crippen molar-refractivity contribution in [2.24, 2.45) is 0 Å². The quantitative estimate of drug-likeness (QED) is 0.613.